The summed E-state index contributed by atoms with van der Waals surface area (Å²) in [5.41, 5.74) is 18.3. The van der Waals surface area contributed by atoms with Crippen LogP contribution < -0.4 is 14.7 Å². The molecule has 0 aliphatic heterocycles. The summed E-state index contributed by atoms with van der Waals surface area (Å²) in [7, 11) is 0. The van der Waals surface area contributed by atoms with E-state index in [1.165, 1.54) is 61.1 Å². The van der Waals surface area contributed by atoms with Gasteiger partial charge in [-0.2, -0.15) is 0 Å². The van der Waals surface area contributed by atoms with Crippen LogP contribution in [-0.2, 0) is 0 Å². The van der Waals surface area contributed by atoms with Crippen molar-refractivity contribution < 1.29 is 0 Å². The number of hydrogen-bond donors (Lipinski definition) is 0. The molecule has 3 heteroatoms. The number of fused-ring (bicyclic) bond motifs is 2. The maximum atomic E-state index is 2.63. The fraction of sp³-hybridized carbons (Fsp3) is 0.0986. The predicted molar refractivity (Wildman–Crippen MR) is 313 cm³/mol. The summed E-state index contributed by atoms with van der Waals surface area (Å²) in [4.78, 5) is 7.38. The van der Waals surface area contributed by atoms with E-state index in [1.807, 2.05) is 0 Å². The third-order valence-electron chi connectivity index (χ3n) is 15.1. The summed E-state index contributed by atoms with van der Waals surface area (Å²) in [5.74, 6) is 0.395. The summed E-state index contributed by atoms with van der Waals surface area (Å²) in [5, 5.41) is 2.47. The van der Waals surface area contributed by atoms with E-state index in [1.54, 1.807) is 0 Å². The van der Waals surface area contributed by atoms with Gasteiger partial charge in [-0.3, -0.25) is 0 Å². The molecule has 0 spiro atoms. The fourth-order valence-electron chi connectivity index (χ4n) is 11.8. The Balaban J connectivity index is 0.960. The van der Waals surface area contributed by atoms with Crippen molar-refractivity contribution in [2.75, 3.05) is 14.7 Å². The molecule has 3 atom stereocenters. The first-order valence-corrected chi connectivity index (χ1v) is 26.1. The minimum absolute atomic E-state index is 0.127. The molecule has 9 aromatic rings. The molecule has 74 heavy (non-hydrogen) atoms. The van der Waals surface area contributed by atoms with Gasteiger partial charge in [0, 0.05) is 63.0 Å². The van der Waals surface area contributed by atoms with Crippen LogP contribution in [0, 0.1) is 18.8 Å². The number of aryl methyl sites for hydroxylation is 1. The number of rotatable bonds is 13. The van der Waals surface area contributed by atoms with E-state index in [0.29, 0.717) is 0 Å². The number of para-hydroxylation sites is 3. The molecule has 0 amide bonds. The number of anilines is 7. The lowest BCUT2D eigenvalue weighted by Crippen LogP contribution is -2.39. The first-order chi connectivity index (χ1) is 36.6. The fourth-order valence-corrected chi connectivity index (χ4v) is 11.8. The zero-order valence-corrected chi connectivity index (χ0v) is 42.0. The second-order valence-electron chi connectivity index (χ2n) is 19.6. The molecule has 3 unspecified atom stereocenters. The lowest BCUT2D eigenvalue weighted by atomic mass is 9.71. The SMILES string of the molecule is CC1=C(c2c(C)cc(N(c3ccccc3)c3ccc(N(c4ccccc4)c4ccccc4)cc3)c3ccccc23)C2C=CC=CC2C(N(c2ccc(C(c3ccccc3)c3ccccc3)cc2)C2C=CC=CC2)=C1. The van der Waals surface area contributed by atoms with E-state index in [4.69, 9.17) is 0 Å². The standard InChI is InChI=1S/C71H59N3/c1-51-49-67(73(58-33-17-7-18-34-58)61-43-41-55(42-44-61)71(53-25-9-3-10-26-53)54-27-11-4-12-28-54)63-37-21-23-39-65(63)69(51)70-52(2)50-68(64-38-22-24-40-66(64)70)74(59-35-19-8-20-36-59)62-47-45-60(46-48-62)72(56-29-13-5-14-30-56)57-31-15-6-16-32-57/h3-33,35-50,58,63,65,71H,34H2,1-2H3. The minimum atomic E-state index is 0.127. The van der Waals surface area contributed by atoms with Crippen molar-refractivity contribution in [1.82, 2.24) is 0 Å². The van der Waals surface area contributed by atoms with E-state index in [0.717, 1.165) is 40.5 Å². The molecule has 0 aromatic heterocycles. The second-order valence-corrected chi connectivity index (χ2v) is 19.6. The Morgan fingerprint density at radius 1 is 0.405 bits per heavy atom. The van der Waals surface area contributed by atoms with Crippen LogP contribution in [0.3, 0.4) is 0 Å². The summed E-state index contributed by atoms with van der Waals surface area (Å²) < 4.78 is 0. The zero-order valence-electron chi connectivity index (χ0n) is 42.0. The summed E-state index contributed by atoms with van der Waals surface area (Å²) in [6.45, 7) is 4.66. The van der Waals surface area contributed by atoms with Crippen LogP contribution in [0.15, 0.2) is 296 Å². The number of nitrogens with zero attached hydrogens (tertiary/aromatic N) is 3. The van der Waals surface area contributed by atoms with Gasteiger partial charge in [-0.25, -0.2) is 0 Å². The molecule has 12 rings (SSSR count). The van der Waals surface area contributed by atoms with E-state index < -0.39 is 0 Å². The largest absolute Gasteiger partial charge is 0.337 e. The Morgan fingerprint density at radius 3 is 1.41 bits per heavy atom. The van der Waals surface area contributed by atoms with Gasteiger partial charge in [0.05, 0.1) is 11.7 Å². The lowest BCUT2D eigenvalue weighted by molar-refractivity contribution is 0.585. The topological polar surface area (TPSA) is 9.72 Å². The van der Waals surface area contributed by atoms with E-state index in [2.05, 4.69) is 314 Å². The van der Waals surface area contributed by atoms with Crippen molar-refractivity contribution in [3.8, 4) is 0 Å². The molecule has 0 bridgehead atoms. The first kappa shape index (κ1) is 46.2. The molecule has 9 aromatic carbocycles. The van der Waals surface area contributed by atoms with Gasteiger partial charge in [-0.1, -0.05) is 200 Å². The zero-order chi connectivity index (χ0) is 49.8. The average Bonchev–Trinajstić information content (AvgIpc) is 3.47. The van der Waals surface area contributed by atoms with Crippen LogP contribution in [0.2, 0.25) is 0 Å². The summed E-state index contributed by atoms with van der Waals surface area (Å²) in [6, 6.07) is 84.0. The summed E-state index contributed by atoms with van der Waals surface area (Å²) in [6.07, 6.45) is 21.9. The second kappa shape index (κ2) is 20.7. The van der Waals surface area contributed by atoms with E-state index >= 15 is 0 Å². The predicted octanol–water partition coefficient (Wildman–Crippen LogP) is 18.7. The molecule has 0 radical (unpaired) electrons. The van der Waals surface area contributed by atoms with Crippen molar-refractivity contribution in [2.45, 2.75) is 32.2 Å². The van der Waals surface area contributed by atoms with Gasteiger partial charge in [0.2, 0.25) is 0 Å². The van der Waals surface area contributed by atoms with Crippen LogP contribution in [0.5, 0.6) is 0 Å². The highest BCUT2D eigenvalue weighted by molar-refractivity contribution is 6.06. The van der Waals surface area contributed by atoms with Crippen molar-refractivity contribution >= 4 is 56.2 Å². The smallest absolute Gasteiger partial charge is 0.0556 e. The van der Waals surface area contributed by atoms with Gasteiger partial charge in [0.25, 0.3) is 0 Å². The summed E-state index contributed by atoms with van der Waals surface area (Å²) >= 11 is 0. The van der Waals surface area contributed by atoms with Crippen molar-refractivity contribution in [1.29, 1.82) is 0 Å². The highest BCUT2D eigenvalue weighted by Gasteiger charge is 2.37. The monoisotopic (exact) mass is 953 g/mol. The van der Waals surface area contributed by atoms with Crippen LogP contribution in [0.1, 0.15) is 47.1 Å². The van der Waals surface area contributed by atoms with E-state index in [-0.39, 0.29) is 23.8 Å². The van der Waals surface area contributed by atoms with Gasteiger partial charge in [0.1, 0.15) is 0 Å². The van der Waals surface area contributed by atoms with Gasteiger partial charge in [-0.15, -0.1) is 0 Å². The van der Waals surface area contributed by atoms with Crippen LogP contribution in [-0.4, -0.2) is 6.04 Å². The first-order valence-electron chi connectivity index (χ1n) is 26.1. The highest BCUT2D eigenvalue weighted by Crippen LogP contribution is 2.51. The third kappa shape index (κ3) is 8.92. The van der Waals surface area contributed by atoms with Crippen molar-refractivity contribution in [3.05, 3.63) is 324 Å². The Morgan fingerprint density at radius 2 is 0.851 bits per heavy atom. The molecule has 3 nitrogen and oxygen atoms in total. The molecule has 0 saturated carbocycles. The van der Waals surface area contributed by atoms with Crippen molar-refractivity contribution in [2.24, 2.45) is 11.8 Å². The normalized spacial score (nSPS) is 16.8. The molecule has 3 aliphatic rings. The Labute approximate surface area is 437 Å². The molecular weight excluding hydrogens is 895 g/mol. The van der Waals surface area contributed by atoms with E-state index in [9.17, 15) is 0 Å². The molecule has 0 N–H and O–H groups in total. The quantitative estimate of drug-likeness (QED) is 0.107. The van der Waals surface area contributed by atoms with Gasteiger partial charge >= 0.3 is 0 Å². The molecule has 0 heterocycles. The van der Waals surface area contributed by atoms with Crippen molar-refractivity contribution in [3.63, 3.8) is 0 Å². The minimum Gasteiger partial charge on any atom is -0.337 e. The number of hydrogen-bond acceptors (Lipinski definition) is 3. The highest BCUT2D eigenvalue weighted by atomic mass is 15.2. The van der Waals surface area contributed by atoms with Crippen LogP contribution >= 0.6 is 0 Å². The number of allylic oxidation sites excluding steroid dienone is 9. The lowest BCUT2D eigenvalue weighted by Gasteiger charge is -2.43. The third-order valence-corrected chi connectivity index (χ3v) is 15.1. The van der Waals surface area contributed by atoms with Gasteiger partial charge < -0.3 is 14.7 Å². The average molecular weight is 954 g/mol. The van der Waals surface area contributed by atoms with Crippen LogP contribution in [0.25, 0.3) is 16.3 Å². The molecular formula is C71H59N3. The maximum Gasteiger partial charge on any atom is 0.0556 e. The molecule has 0 saturated heterocycles. The van der Waals surface area contributed by atoms with Gasteiger partial charge in [0.15, 0.2) is 0 Å². The molecule has 3 aliphatic carbocycles. The Bertz CT molecular complexity index is 3510. The van der Waals surface area contributed by atoms with Gasteiger partial charge in [-0.05, 0) is 150 Å². The molecule has 0 fully saturated rings. The maximum absolute atomic E-state index is 2.63. The molecule has 358 valence electrons. The number of benzene rings is 9. The Kier molecular flexibility index (Phi) is 12.9. The van der Waals surface area contributed by atoms with Crippen LogP contribution in [0.4, 0.5) is 39.8 Å². The Hall–Kier alpha value is -8.92.